The molecule has 166 valence electrons. The maximum absolute atomic E-state index is 13.1. The average molecular weight is 430 g/mol. The van der Waals surface area contributed by atoms with E-state index in [0.717, 1.165) is 0 Å². The van der Waals surface area contributed by atoms with Crippen molar-refractivity contribution < 1.29 is 22.7 Å². The number of nitrogens with zero attached hydrogens (tertiary/aromatic N) is 1. The summed E-state index contributed by atoms with van der Waals surface area (Å²) in [7, 11) is -2.24. The largest absolute Gasteiger partial charge is 0.469 e. The highest BCUT2D eigenvalue weighted by molar-refractivity contribution is 7.89. The molecule has 1 aliphatic carbocycles. The molecular weight excluding hydrogens is 394 g/mol. The highest BCUT2D eigenvalue weighted by atomic mass is 32.2. The second-order valence-electron chi connectivity index (χ2n) is 8.91. The second-order valence-corrected chi connectivity index (χ2v) is 10.8. The van der Waals surface area contributed by atoms with Gasteiger partial charge in [-0.3, -0.25) is 9.59 Å². The number of hydrogen-bond donors (Lipinski definition) is 2. The Morgan fingerprint density at radius 1 is 1.24 bits per heavy atom. The number of nitrogens with one attached hydrogen (secondary N) is 1. The van der Waals surface area contributed by atoms with Gasteiger partial charge >= 0.3 is 5.97 Å². The Balaban J connectivity index is 2.90. The quantitative estimate of drug-likeness (QED) is 0.539. The molecule has 1 saturated carbocycles. The molecule has 29 heavy (non-hydrogen) atoms. The van der Waals surface area contributed by atoms with Gasteiger partial charge in [0.05, 0.1) is 23.8 Å². The minimum absolute atomic E-state index is 0.117. The van der Waals surface area contributed by atoms with Crippen molar-refractivity contribution in [3.63, 3.8) is 0 Å². The van der Waals surface area contributed by atoms with Crippen LogP contribution in [0.5, 0.6) is 0 Å². The van der Waals surface area contributed by atoms with Gasteiger partial charge < -0.3 is 10.1 Å². The lowest BCUT2D eigenvalue weighted by Gasteiger charge is -2.38. The van der Waals surface area contributed by atoms with Crippen LogP contribution in [0.25, 0.3) is 0 Å². The molecule has 9 heteroatoms. The highest BCUT2D eigenvalue weighted by Crippen LogP contribution is 2.42. The Kier molecular flexibility index (Phi) is 8.66. The zero-order valence-electron chi connectivity index (χ0n) is 18.2. The minimum Gasteiger partial charge on any atom is -0.469 e. The van der Waals surface area contributed by atoms with Gasteiger partial charge in [-0.25, -0.2) is 13.6 Å². The molecule has 3 atom stereocenters. The topological polar surface area (TPSA) is 139 Å². The lowest BCUT2D eigenvalue weighted by atomic mass is 9.67. The first-order chi connectivity index (χ1) is 13.3. The molecule has 1 aliphatic rings. The van der Waals surface area contributed by atoms with Gasteiger partial charge in [0, 0.05) is 17.4 Å². The number of methoxy groups -OCH3 is 1. The maximum atomic E-state index is 13.1. The number of esters is 1. The van der Waals surface area contributed by atoms with Gasteiger partial charge in [-0.05, 0) is 58.8 Å². The number of rotatable bonds is 9. The van der Waals surface area contributed by atoms with Gasteiger partial charge in [0.1, 0.15) is 0 Å². The van der Waals surface area contributed by atoms with Crippen LogP contribution in [0.2, 0.25) is 0 Å². The van der Waals surface area contributed by atoms with Crippen LogP contribution in [0.1, 0.15) is 72.6 Å². The Morgan fingerprint density at radius 3 is 2.21 bits per heavy atom. The van der Waals surface area contributed by atoms with E-state index in [0.29, 0.717) is 38.5 Å². The number of ether oxygens (including phenoxy) is 1. The van der Waals surface area contributed by atoms with Gasteiger partial charge in [-0.2, -0.15) is 5.26 Å². The molecule has 3 N–H and O–H groups in total. The Bertz CT molecular complexity index is 740. The number of primary sulfonamides is 1. The van der Waals surface area contributed by atoms with E-state index in [9.17, 15) is 23.3 Å². The molecule has 1 fully saturated rings. The van der Waals surface area contributed by atoms with E-state index >= 15 is 0 Å². The van der Waals surface area contributed by atoms with E-state index in [2.05, 4.69) is 11.4 Å². The van der Waals surface area contributed by atoms with Gasteiger partial charge in [0.15, 0.2) is 0 Å². The van der Waals surface area contributed by atoms with Crippen LogP contribution in [0.15, 0.2) is 0 Å². The molecule has 8 nitrogen and oxygen atoms in total. The molecule has 1 amide bonds. The van der Waals surface area contributed by atoms with Crippen LogP contribution in [-0.2, 0) is 24.3 Å². The number of amides is 1. The van der Waals surface area contributed by atoms with E-state index in [4.69, 9.17) is 9.88 Å². The van der Waals surface area contributed by atoms with Crippen molar-refractivity contribution in [1.82, 2.24) is 5.32 Å². The molecular formula is C20H35N3O5S. The second kappa shape index (κ2) is 9.90. The lowest BCUT2D eigenvalue weighted by molar-refractivity contribution is -0.156. The fraction of sp³-hybridized carbons (Fsp3) is 0.850. The number of nitriles is 1. The van der Waals surface area contributed by atoms with Crippen molar-refractivity contribution in [2.45, 2.75) is 83.9 Å². The SMILES string of the molecule is CCC(C)(CC(C)(CC(C)C#N)C(=O)OC)C(=O)NC1CCC(S(N)(=O)=O)CC1. The summed E-state index contributed by atoms with van der Waals surface area (Å²) >= 11 is 0. The van der Waals surface area contributed by atoms with Crippen LogP contribution in [0.3, 0.4) is 0 Å². The summed E-state index contributed by atoms with van der Waals surface area (Å²) in [6.45, 7) is 7.19. The number of nitrogens with two attached hydrogens (primary N) is 1. The number of hydrogen-bond acceptors (Lipinski definition) is 6. The van der Waals surface area contributed by atoms with Gasteiger partial charge in [-0.1, -0.05) is 13.8 Å². The third kappa shape index (κ3) is 6.68. The van der Waals surface area contributed by atoms with Crippen molar-refractivity contribution in [2.24, 2.45) is 21.9 Å². The summed E-state index contributed by atoms with van der Waals surface area (Å²) in [4.78, 5) is 25.6. The average Bonchev–Trinajstić information content (AvgIpc) is 2.66. The van der Waals surface area contributed by atoms with E-state index in [1.54, 1.807) is 13.8 Å². The first-order valence-corrected chi connectivity index (χ1v) is 11.7. The molecule has 0 aromatic carbocycles. The van der Waals surface area contributed by atoms with Gasteiger partial charge in [0.2, 0.25) is 15.9 Å². The van der Waals surface area contributed by atoms with Crippen LogP contribution in [-0.4, -0.2) is 38.7 Å². The first kappa shape index (κ1) is 25.4. The van der Waals surface area contributed by atoms with Crippen LogP contribution < -0.4 is 10.5 Å². The third-order valence-electron chi connectivity index (χ3n) is 6.24. The molecule has 0 heterocycles. The fourth-order valence-corrected chi connectivity index (χ4v) is 5.25. The zero-order chi connectivity index (χ0) is 22.5. The van der Waals surface area contributed by atoms with Crippen LogP contribution in [0.4, 0.5) is 0 Å². The monoisotopic (exact) mass is 429 g/mol. The van der Waals surface area contributed by atoms with Crippen molar-refractivity contribution in [1.29, 1.82) is 5.26 Å². The van der Waals surface area contributed by atoms with Crippen LogP contribution in [0, 0.1) is 28.1 Å². The third-order valence-corrected chi connectivity index (χ3v) is 7.64. The summed E-state index contributed by atoms with van der Waals surface area (Å²) < 4.78 is 28.0. The standard InChI is InChI=1S/C20H35N3O5S/c1-6-19(3,13-20(4,18(25)28-5)11-14(2)12-21)17(24)23-15-7-9-16(10-8-15)29(22,26)27/h14-16H,6-11,13H2,1-5H3,(H,23,24)(H2,22,26,27). The molecule has 0 aromatic heterocycles. The Labute approximate surface area is 174 Å². The molecule has 0 aromatic rings. The Hall–Kier alpha value is -1.66. The predicted octanol–water partition coefficient (Wildman–Crippen LogP) is 2.24. The van der Waals surface area contributed by atoms with Crippen molar-refractivity contribution in [3.05, 3.63) is 0 Å². The van der Waals surface area contributed by atoms with Crippen LogP contribution >= 0.6 is 0 Å². The van der Waals surface area contributed by atoms with Crippen molar-refractivity contribution in [2.75, 3.05) is 7.11 Å². The number of carbonyl (C=O) groups excluding carboxylic acids is 2. The smallest absolute Gasteiger partial charge is 0.311 e. The highest BCUT2D eigenvalue weighted by Gasteiger charge is 2.45. The van der Waals surface area contributed by atoms with Crippen molar-refractivity contribution >= 4 is 21.9 Å². The van der Waals surface area contributed by atoms with Gasteiger partial charge in [-0.15, -0.1) is 0 Å². The summed E-state index contributed by atoms with van der Waals surface area (Å²) in [6.07, 6.45) is 3.02. The molecule has 0 bridgehead atoms. The molecule has 0 radical (unpaired) electrons. The molecule has 0 spiro atoms. The lowest BCUT2D eigenvalue weighted by Crippen LogP contribution is -2.49. The zero-order valence-corrected chi connectivity index (χ0v) is 19.0. The van der Waals surface area contributed by atoms with E-state index < -0.39 is 32.1 Å². The fourth-order valence-electron chi connectivity index (χ4n) is 4.32. The summed E-state index contributed by atoms with van der Waals surface area (Å²) in [5.41, 5.74) is -1.79. The maximum Gasteiger partial charge on any atom is 0.311 e. The van der Waals surface area contributed by atoms with Crippen molar-refractivity contribution in [3.8, 4) is 6.07 Å². The first-order valence-electron chi connectivity index (χ1n) is 10.1. The molecule has 1 rings (SSSR count). The summed E-state index contributed by atoms with van der Waals surface area (Å²) in [6, 6.07) is 2.03. The van der Waals surface area contributed by atoms with Gasteiger partial charge in [0.25, 0.3) is 0 Å². The summed E-state index contributed by atoms with van der Waals surface area (Å²) in [5, 5.41) is 16.9. The molecule has 0 aliphatic heterocycles. The Morgan fingerprint density at radius 2 is 1.79 bits per heavy atom. The normalized spacial score (nSPS) is 25.0. The van der Waals surface area contributed by atoms with E-state index in [1.807, 2.05) is 13.8 Å². The predicted molar refractivity (Wildman–Crippen MR) is 110 cm³/mol. The molecule has 3 unspecified atom stereocenters. The number of sulfonamides is 1. The molecule has 0 saturated heterocycles. The van der Waals surface area contributed by atoms with E-state index in [-0.39, 0.29) is 24.3 Å². The van der Waals surface area contributed by atoms with E-state index in [1.165, 1.54) is 7.11 Å². The minimum atomic E-state index is -3.55. The summed E-state index contributed by atoms with van der Waals surface area (Å²) in [5.74, 6) is -0.948. The number of carbonyl (C=O) groups is 2.